The third-order valence-electron chi connectivity index (χ3n) is 4.26. The molecule has 1 N–H and O–H groups in total. The monoisotopic (exact) mass is 383 g/mol. The Balaban J connectivity index is 1.57. The predicted octanol–water partition coefficient (Wildman–Crippen LogP) is 2.84. The van der Waals surface area contributed by atoms with E-state index in [2.05, 4.69) is 27.5 Å². The molecule has 148 valence electrons. The van der Waals surface area contributed by atoms with Gasteiger partial charge in [0.05, 0.1) is 11.3 Å². The Morgan fingerprint density at radius 1 is 1.29 bits per heavy atom. The van der Waals surface area contributed by atoms with Gasteiger partial charge in [0, 0.05) is 25.7 Å². The third kappa shape index (κ3) is 4.97. The second-order valence-corrected chi connectivity index (χ2v) is 6.94. The van der Waals surface area contributed by atoms with Crippen molar-refractivity contribution < 1.29 is 14.1 Å². The van der Waals surface area contributed by atoms with Gasteiger partial charge in [0.15, 0.2) is 6.61 Å². The average molecular weight is 383 g/mol. The van der Waals surface area contributed by atoms with Crippen LogP contribution >= 0.6 is 0 Å². The largest absolute Gasteiger partial charge is 0.485 e. The third-order valence-corrected chi connectivity index (χ3v) is 4.26. The molecule has 3 rings (SSSR count). The highest BCUT2D eigenvalue weighted by Gasteiger charge is 2.15. The Morgan fingerprint density at radius 3 is 2.75 bits per heavy atom. The fourth-order valence-corrected chi connectivity index (χ4v) is 2.90. The number of carbonyl (C=O) groups is 1. The predicted molar refractivity (Wildman–Crippen MR) is 103 cm³/mol. The smallest absolute Gasteiger partial charge is 0.255 e. The van der Waals surface area contributed by atoms with Gasteiger partial charge in [-0.1, -0.05) is 24.2 Å². The quantitative estimate of drug-likeness (QED) is 0.643. The molecule has 0 saturated heterocycles. The molecule has 0 aliphatic carbocycles. The van der Waals surface area contributed by atoms with E-state index in [0.717, 1.165) is 17.9 Å². The molecule has 0 unspecified atom stereocenters. The maximum Gasteiger partial charge on any atom is 0.255 e. The molecule has 0 saturated carbocycles. The number of nitrogens with one attached hydrogen (secondary N) is 1. The van der Waals surface area contributed by atoms with E-state index >= 15 is 0 Å². The first kappa shape index (κ1) is 19.6. The van der Waals surface area contributed by atoms with Crippen LogP contribution < -0.4 is 10.1 Å². The molecule has 1 aromatic carbocycles. The Bertz CT molecular complexity index is 947. The zero-order valence-electron chi connectivity index (χ0n) is 16.6. The summed E-state index contributed by atoms with van der Waals surface area (Å²) in [4.78, 5) is 16.7. The lowest BCUT2D eigenvalue weighted by Crippen LogP contribution is -2.30. The first-order valence-corrected chi connectivity index (χ1v) is 9.22. The van der Waals surface area contributed by atoms with E-state index in [1.54, 1.807) is 25.1 Å². The number of rotatable bonds is 8. The summed E-state index contributed by atoms with van der Waals surface area (Å²) in [5, 5.41) is 11.2. The van der Waals surface area contributed by atoms with Crippen LogP contribution in [0.3, 0.4) is 0 Å². The van der Waals surface area contributed by atoms with Gasteiger partial charge in [-0.2, -0.15) is 10.1 Å². The van der Waals surface area contributed by atoms with Crippen LogP contribution in [0.15, 0.2) is 34.9 Å². The molecule has 28 heavy (non-hydrogen) atoms. The molecule has 1 atom stereocenters. The highest BCUT2D eigenvalue weighted by molar-refractivity contribution is 5.96. The molecule has 2 aromatic heterocycles. The molecule has 2 heterocycles. The van der Waals surface area contributed by atoms with Gasteiger partial charge in [-0.05, 0) is 38.0 Å². The highest BCUT2D eigenvalue weighted by Crippen LogP contribution is 2.19. The van der Waals surface area contributed by atoms with Crippen molar-refractivity contribution in [3.8, 4) is 5.75 Å². The summed E-state index contributed by atoms with van der Waals surface area (Å²) < 4.78 is 12.6. The van der Waals surface area contributed by atoms with Crippen molar-refractivity contribution in [2.45, 2.75) is 40.8 Å². The van der Waals surface area contributed by atoms with Crippen LogP contribution in [0.2, 0.25) is 0 Å². The standard InChI is InChI=1S/C20H25N5O3/c1-13(11-25-15(3)9-14(2)23-25)10-21-20(26)17-7-5-6-8-18(17)27-12-19-22-16(4)28-24-19/h5-9,13H,10-12H2,1-4H3,(H,21,26)/t13-/m0/s1. The van der Waals surface area contributed by atoms with Crippen LogP contribution in [0.5, 0.6) is 5.75 Å². The number of hydrogen-bond donors (Lipinski definition) is 1. The maximum absolute atomic E-state index is 12.6. The second kappa shape index (κ2) is 8.69. The number of amides is 1. The molecule has 0 aliphatic heterocycles. The molecular formula is C20H25N5O3. The summed E-state index contributed by atoms with van der Waals surface area (Å²) in [6.45, 7) is 9.22. The highest BCUT2D eigenvalue weighted by atomic mass is 16.5. The number of ether oxygens (including phenoxy) is 1. The van der Waals surface area contributed by atoms with Crippen molar-refractivity contribution >= 4 is 5.91 Å². The van der Waals surface area contributed by atoms with E-state index in [1.807, 2.05) is 30.7 Å². The van der Waals surface area contributed by atoms with Crippen molar-refractivity contribution in [2.24, 2.45) is 5.92 Å². The van der Waals surface area contributed by atoms with E-state index in [-0.39, 0.29) is 18.4 Å². The second-order valence-electron chi connectivity index (χ2n) is 6.94. The molecular weight excluding hydrogens is 358 g/mol. The minimum atomic E-state index is -0.180. The van der Waals surface area contributed by atoms with E-state index in [1.165, 1.54) is 0 Å². The lowest BCUT2D eigenvalue weighted by Gasteiger charge is -2.15. The SMILES string of the molecule is Cc1cc(C)n(C[C@@H](C)CNC(=O)c2ccccc2OCc2noc(C)n2)n1. The van der Waals surface area contributed by atoms with E-state index < -0.39 is 0 Å². The summed E-state index contributed by atoms with van der Waals surface area (Å²) in [5.41, 5.74) is 2.59. The van der Waals surface area contributed by atoms with Crippen LogP contribution in [0, 0.1) is 26.7 Å². The number of aromatic nitrogens is 4. The van der Waals surface area contributed by atoms with Crippen molar-refractivity contribution in [1.82, 2.24) is 25.2 Å². The maximum atomic E-state index is 12.6. The minimum absolute atomic E-state index is 0.135. The summed E-state index contributed by atoms with van der Waals surface area (Å²) in [6.07, 6.45) is 0. The Kier molecular flexibility index (Phi) is 6.08. The van der Waals surface area contributed by atoms with Crippen LogP contribution in [-0.2, 0) is 13.2 Å². The van der Waals surface area contributed by atoms with Gasteiger partial charge < -0.3 is 14.6 Å². The summed E-state index contributed by atoms with van der Waals surface area (Å²) >= 11 is 0. The van der Waals surface area contributed by atoms with Crippen LogP contribution in [0.4, 0.5) is 0 Å². The minimum Gasteiger partial charge on any atom is -0.485 e. The lowest BCUT2D eigenvalue weighted by atomic mass is 10.1. The number of nitrogens with zero attached hydrogens (tertiary/aromatic N) is 4. The van der Waals surface area contributed by atoms with Crippen LogP contribution in [0.1, 0.15) is 40.4 Å². The number of para-hydroxylation sites is 1. The zero-order chi connectivity index (χ0) is 20.1. The van der Waals surface area contributed by atoms with Crippen molar-refractivity contribution in [3.63, 3.8) is 0 Å². The Labute approximate surface area is 163 Å². The van der Waals surface area contributed by atoms with E-state index in [4.69, 9.17) is 9.26 Å². The molecule has 0 fully saturated rings. The lowest BCUT2D eigenvalue weighted by molar-refractivity contribution is 0.0941. The number of carbonyl (C=O) groups excluding carboxylic acids is 1. The molecule has 1 amide bonds. The van der Waals surface area contributed by atoms with Crippen molar-refractivity contribution in [1.29, 1.82) is 0 Å². The Hall–Kier alpha value is -3.16. The molecule has 0 radical (unpaired) electrons. The topological polar surface area (TPSA) is 95.1 Å². The average Bonchev–Trinajstić information content (AvgIpc) is 3.22. The fraction of sp³-hybridized carbons (Fsp3) is 0.400. The summed E-state index contributed by atoms with van der Waals surface area (Å²) in [7, 11) is 0. The molecule has 0 spiro atoms. The summed E-state index contributed by atoms with van der Waals surface area (Å²) in [5.74, 6) is 1.44. The van der Waals surface area contributed by atoms with Gasteiger partial charge in [-0.25, -0.2) is 0 Å². The number of aryl methyl sites for hydroxylation is 3. The van der Waals surface area contributed by atoms with Gasteiger partial charge in [-0.3, -0.25) is 9.48 Å². The molecule has 8 nitrogen and oxygen atoms in total. The van der Waals surface area contributed by atoms with Crippen LogP contribution in [0.25, 0.3) is 0 Å². The molecule has 0 bridgehead atoms. The van der Waals surface area contributed by atoms with E-state index in [0.29, 0.717) is 29.6 Å². The normalized spacial score (nSPS) is 12.0. The number of benzene rings is 1. The molecule has 3 aromatic rings. The molecule has 0 aliphatic rings. The van der Waals surface area contributed by atoms with Gasteiger partial charge in [0.1, 0.15) is 5.75 Å². The first-order chi connectivity index (χ1) is 13.4. The molecule has 8 heteroatoms. The van der Waals surface area contributed by atoms with Crippen molar-refractivity contribution in [3.05, 3.63) is 59.0 Å². The van der Waals surface area contributed by atoms with Crippen LogP contribution in [-0.4, -0.2) is 32.4 Å². The van der Waals surface area contributed by atoms with Gasteiger partial charge in [-0.15, -0.1) is 0 Å². The zero-order valence-corrected chi connectivity index (χ0v) is 16.6. The van der Waals surface area contributed by atoms with Gasteiger partial charge >= 0.3 is 0 Å². The fourth-order valence-electron chi connectivity index (χ4n) is 2.90. The Morgan fingerprint density at radius 2 is 2.07 bits per heavy atom. The van der Waals surface area contributed by atoms with E-state index in [9.17, 15) is 4.79 Å². The van der Waals surface area contributed by atoms with Gasteiger partial charge in [0.2, 0.25) is 11.7 Å². The summed E-state index contributed by atoms with van der Waals surface area (Å²) in [6, 6.07) is 9.15. The van der Waals surface area contributed by atoms with Gasteiger partial charge in [0.25, 0.3) is 5.91 Å². The van der Waals surface area contributed by atoms with Crippen molar-refractivity contribution in [2.75, 3.05) is 6.54 Å². The first-order valence-electron chi connectivity index (χ1n) is 9.22. The number of hydrogen-bond acceptors (Lipinski definition) is 6.